The van der Waals surface area contributed by atoms with Crippen LogP contribution in [0.1, 0.15) is 12.5 Å². The topological polar surface area (TPSA) is 95.1 Å². The summed E-state index contributed by atoms with van der Waals surface area (Å²) in [4.78, 5) is 23.7. The quantitative estimate of drug-likeness (QED) is 0.537. The molecular weight excluding hydrogens is 342 g/mol. The second kappa shape index (κ2) is 7.58. The monoisotopic (exact) mass is 359 g/mol. The molecule has 2 aromatic carbocycles. The number of benzene rings is 2. The molecule has 6 nitrogen and oxygen atoms in total. The number of nitrogens with one attached hydrogen (secondary N) is 1. The van der Waals surface area contributed by atoms with Gasteiger partial charge in [0.1, 0.15) is 18.2 Å². The summed E-state index contributed by atoms with van der Waals surface area (Å²) in [5, 5.41) is 22.2. The van der Waals surface area contributed by atoms with E-state index in [1.165, 1.54) is 0 Å². The van der Waals surface area contributed by atoms with E-state index >= 15 is 0 Å². The lowest BCUT2D eigenvalue weighted by atomic mass is 10.0. The molecule has 6 heteroatoms. The second-order valence-electron chi connectivity index (χ2n) is 6.01. The Kier molecular flexibility index (Phi) is 5.04. The first-order chi connectivity index (χ1) is 13.0. The van der Waals surface area contributed by atoms with Crippen LogP contribution in [0.25, 0.3) is 16.5 Å². The maximum Gasteiger partial charge on any atom is 0.323 e. The Morgan fingerprint density at radius 2 is 1.78 bits per heavy atom. The first-order valence-corrected chi connectivity index (χ1v) is 8.28. The number of hydrogen-bond acceptors (Lipinski definition) is 3. The number of anilines is 1. The van der Waals surface area contributed by atoms with E-state index in [1.54, 1.807) is 42.0 Å². The number of rotatable bonds is 5. The highest BCUT2D eigenvalue weighted by atomic mass is 16.4. The third kappa shape index (κ3) is 3.72. The molecule has 0 bridgehead atoms. The van der Waals surface area contributed by atoms with E-state index in [1.807, 2.05) is 36.4 Å². The number of carboxylic acids is 1. The van der Waals surface area contributed by atoms with Gasteiger partial charge in [-0.1, -0.05) is 36.4 Å². The fourth-order valence-corrected chi connectivity index (χ4v) is 2.98. The molecule has 3 aromatic rings. The molecule has 0 fully saturated rings. The molecule has 1 aromatic heterocycles. The van der Waals surface area contributed by atoms with Crippen molar-refractivity contribution in [3.8, 4) is 6.07 Å². The zero-order valence-corrected chi connectivity index (χ0v) is 14.6. The Morgan fingerprint density at radius 1 is 1.11 bits per heavy atom. The molecule has 0 saturated carbocycles. The summed E-state index contributed by atoms with van der Waals surface area (Å²) in [5.74, 6) is -1.47. The fourth-order valence-electron chi connectivity index (χ4n) is 2.98. The summed E-state index contributed by atoms with van der Waals surface area (Å²) in [5.41, 5.74) is 2.46. The Balaban J connectivity index is 2.06. The Morgan fingerprint density at radius 3 is 2.44 bits per heavy atom. The van der Waals surface area contributed by atoms with Gasteiger partial charge in [0.05, 0.1) is 0 Å². The second-order valence-corrected chi connectivity index (χ2v) is 6.01. The molecule has 0 unspecified atom stereocenters. The highest BCUT2D eigenvalue weighted by Gasteiger charge is 2.18. The summed E-state index contributed by atoms with van der Waals surface area (Å²) >= 11 is 0. The van der Waals surface area contributed by atoms with Gasteiger partial charge in [-0.05, 0) is 30.7 Å². The Hall–Kier alpha value is -3.85. The van der Waals surface area contributed by atoms with E-state index < -0.39 is 11.9 Å². The molecule has 0 spiro atoms. The first kappa shape index (κ1) is 18.0. The molecule has 0 saturated heterocycles. The third-order valence-corrected chi connectivity index (χ3v) is 4.24. The van der Waals surface area contributed by atoms with Gasteiger partial charge in [0, 0.05) is 28.4 Å². The zero-order valence-electron chi connectivity index (χ0n) is 14.6. The number of nitrogens with zero attached hydrogens (tertiary/aromatic N) is 2. The van der Waals surface area contributed by atoms with Crippen molar-refractivity contribution in [1.29, 1.82) is 5.26 Å². The molecule has 0 aliphatic heterocycles. The molecule has 3 rings (SSSR count). The lowest BCUT2D eigenvalue weighted by molar-refractivity contribution is -0.137. The highest BCUT2D eigenvalue weighted by Crippen LogP contribution is 2.29. The van der Waals surface area contributed by atoms with Crippen LogP contribution in [-0.4, -0.2) is 21.6 Å². The molecule has 27 heavy (non-hydrogen) atoms. The number of para-hydroxylation sites is 2. The Bertz CT molecular complexity index is 1090. The van der Waals surface area contributed by atoms with E-state index in [-0.39, 0.29) is 12.1 Å². The van der Waals surface area contributed by atoms with Crippen molar-refractivity contribution in [2.75, 3.05) is 5.32 Å². The van der Waals surface area contributed by atoms with Crippen molar-refractivity contribution in [2.45, 2.75) is 13.5 Å². The van der Waals surface area contributed by atoms with Crippen LogP contribution in [0, 0.1) is 11.3 Å². The molecule has 0 atom stereocenters. The molecular formula is C21H17N3O3. The van der Waals surface area contributed by atoms with Gasteiger partial charge in [-0.3, -0.25) is 9.59 Å². The first-order valence-electron chi connectivity index (χ1n) is 8.28. The number of aromatic nitrogens is 1. The minimum atomic E-state index is -0.966. The molecule has 134 valence electrons. The van der Waals surface area contributed by atoms with Crippen LogP contribution in [0.5, 0.6) is 0 Å². The van der Waals surface area contributed by atoms with Crippen LogP contribution in [0.4, 0.5) is 5.69 Å². The predicted octanol–water partition coefficient (Wildman–Crippen LogP) is 3.66. The third-order valence-electron chi connectivity index (χ3n) is 4.24. The van der Waals surface area contributed by atoms with Crippen LogP contribution in [0.15, 0.2) is 66.4 Å². The molecule has 2 N–H and O–H groups in total. The molecule has 0 radical (unpaired) electrons. The van der Waals surface area contributed by atoms with Crippen molar-refractivity contribution >= 4 is 34.0 Å². The summed E-state index contributed by atoms with van der Waals surface area (Å²) in [6, 6.07) is 18.2. The molecule has 1 amide bonds. The summed E-state index contributed by atoms with van der Waals surface area (Å²) < 4.78 is 1.60. The van der Waals surface area contributed by atoms with E-state index in [2.05, 4.69) is 5.32 Å². The molecule has 0 aliphatic carbocycles. The largest absolute Gasteiger partial charge is 0.480 e. The van der Waals surface area contributed by atoms with Gasteiger partial charge in [0.2, 0.25) is 0 Å². The van der Waals surface area contributed by atoms with Gasteiger partial charge in [-0.25, -0.2) is 0 Å². The number of aliphatic carboxylic acids is 1. The van der Waals surface area contributed by atoms with E-state index in [9.17, 15) is 14.9 Å². The standard InChI is InChI=1S/C21H17N3O3/c1-14(17(11-22)21(27)23-15-7-3-2-4-8-15)18-12-24(13-20(25)26)19-10-6-5-9-16(18)19/h2-10,12H,13H2,1H3,(H,23,27)(H,25,26)/b17-14+. The maximum absolute atomic E-state index is 12.6. The van der Waals surface area contributed by atoms with Crippen molar-refractivity contribution in [3.63, 3.8) is 0 Å². The molecule has 0 aliphatic rings. The van der Waals surface area contributed by atoms with E-state index in [0.717, 1.165) is 10.9 Å². The number of nitriles is 1. The van der Waals surface area contributed by atoms with Gasteiger partial charge >= 0.3 is 5.97 Å². The van der Waals surface area contributed by atoms with Crippen molar-refractivity contribution < 1.29 is 14.7 Å². The maximum atomic E-state index is 12.6. The summed E-state index contributed by atoms with van der Waals surface area (Å²) in [6.45, 7) is 1.49. The summed E-state index contributed by atoms with van der Waals surface area (Å²) in [6.07, 6.45) is 1.67. The lowest BCUT2D eigenvalue weighted by Gasteiger charge is -2.07. The van der Waals surface area contributed by atoms with Gasteiger partial charge in [-0.15, -0.1) is 0 Å². The van der Waals surface area contributed by atoms with E-state index in [4.69, 9.17) is 5.11 Å². The molecule has 1 heterocycles. The summed E-state index contributed by atoms with van der Waals surface area (Å²) in [7, 11) is 0. The Labute approximate surface area is 156 Å². The fraction of sp³-hybridized carbons (Fsp3) is 0.0952. The van der Waals surface area contributed by atoms with Gasteiger partial charge in [0.25, 0.3) is 5.91 Å². The van der Waals surface area contributed by atoms with Crippen molar-refractivity contribution in [1.82, 2.24) is 4.57 Å². The van der Waals surface area contributed by atoms with Gasteiger partial charge in [0.15, 0.2) is 0 Å². The minimum absolute atomic E-state index is 0.0166. The lowest BCUT2D eigenvalue weighted by Crippen LogP contribution is -2.14. The number of hydrogen-bond donors (Lipinski definition) is 2. The van der Waals surface area contributed by atoms with Gasteiger partial charge < -0.3 is 15.0 Å². The van der Waals surface area contributed by atoms with Crippen LogP contribution in [-0.2, 0) is 16.1 Å². The van der Waals surface area contributed by atoms with Crippen molar-refractivity contribution in [2.24, 2.45) is 0 Å². The highest BCUT2D eigenvalue weighted by molar-refractivity contribution is 6.13. The minimum Gasteiger partial charge on any atom is -0.480 e. The average molecular weight is 359 g/mol. The van der Waals surface area contributed by atoms with Crippen LogP contribution in [0.3, 0.4) is 0 Å². The van der Waals surface area contributed by atoms with Crippen molar-refractivity contribution in [3.05, 3.63) is 71.9 Å². The number of carbonyl (C=O) groups is 2. The van der Waals surface area contributed by atoms with Crippen LogP contribution in [0.2, 0.25) is 0 Å². The zero-order chi connectivity index (χ0) is 19.4. The predicted molar refractivity (Wildman–Crippen MR) is 103 cm³/mol. The van der Waals surface area contributed by atoms with Gasteiger partial charge in [-0.2, -0.15) is 5.26 Å². The number of carboxylic acid groups (broad SMARTS) is 1. The SMILES string of the molecule is C/C(=C(/C#N)C(=O)Nc1ccccc1)c1cn(CC(=O)O)c2ccccc12. The average Bonchev–Trinajstić information content (AvgIpc) is 3.01. The smallest absolute Gasteiger partial charge is 0.323 e. The normalized spacial score (nSPS) is 11.6. The van der Waals surface area contributed by atoms with E-state index in [0.29, 0.717) is 16.8 Å². The van der Waals surface area contributed by atoms with Crippen LogP contribution >= 0.6 is 0 Å². The number of carbonyl (C=O) groups excluding carboxylic acids is 1. The van der Waals surface area contributed by atoms with Crippen LogP contribution < -0.4 is 5.32 Å². The number of amides is 1. The number of fused-ring (bicyclic) bond motifs is 1. The number of allylic oxidation sites excluding steroid dienone is 1.